The van der Waals surface area contributed by atoms with Crippen molar-refractivity contribution in [2.75, 3.05) is 18.0 Å². The molecule has 0 radical (unpaired) electrons. The van der Waals surface area contributed by atoms with Crippen LogP contribution in [-0.2, 0) is 11.3 Å². The Hall–Kier alpha value is -3.07. The standard InChI is InChI=1S/C27H26Cl2N4O4/c1-15-13-33(18-9-7-17(8-10-18)26-30-27(34)37-32-26)12-11-22(15)35-14-19-24(31-36-25(19)16-5-6-16)23-20(28)3-2-4-21(23)29/h2-4,7-10,15-16,22H,5-6,11-14H2,1H3,(H,30,32,34). The minimum atomic E-state index is -0.562. The predicted octanol–water partition coefficient (Wildman–Crippen LogP) is 6.30. The first kappa shape index (κ1) is 24.3. The van der Waals surface area contributed by atoms with Crippen LogP contribution < -0.4 is 10.7 Å². The van der Waals surface area contributed by atoms with E-state index in [-0.39, 0.29) is 6.10 Å². The van der Waals surface area contributed by atoms with Gasteiger partial charge in [-0.3, -0.25) is 9.51 Å². The number of piperidine rings is 1. The van der Waals surface area contributed by atoms with E-state index in [1.165, 1.54) is 0 Å². The number of aromatic nitrogens is 3. The number of benzene rings is 2. The molecule has 1 saturated heterocycles. The van der Waals surface area contributed by atoms with Gasteiger partial charge in [-0.15, -0.1) is 0 Å². The fraction of sp³-hybridized carbons (Fsp3) is 0.370. The highest BCUT2D eigenvalue weighted by atomic mass is 35.5. The van der Waals surface area contributed by atoms with Crippen LogP contribution in [0.15, 0.2) is 56.3 Å². The lowest BCUT2D eigenvalue weighted by Gasteiger charge is -2.38. The van der Waals surface area contributed by atoms with E-state index in [0.717, 1.165) is 54.9 Å². The van der Waals surface area contributed by atoms with Gasteiger partial charge in [0, 0.05) is 41.4 Å². The molecule has 2 unspecified atom stereocenters. The zero-order chi connectivity index (χ0) is 25.5. The monoisotopic (exact) mass is 540 g/mol. The van der Waals surface area contributed by atoms with Crippen molar-refractivity contribution >= 4 is 28.9 Å². The number of aromatic amines is 1. The molecule has 37 heavy (non-hydrogen) atoms. The molecule has 3 heterocycles. The summed E-state index contributed by atoms with van der Waals surface area (Å²) in [5.41, 5.74) is 4.24. The number of ether oxygens (including phenoxy) is 1. The molecule has 1 N–H and O–H groups in total. The predicted molar refractivity (Wildman–Crippen MR) is 141 cm³/mol. The summed E-state index contributed by atoms with van der Waals surface area (Å²) in [6.45, 7) is 4.36. The van der Waals surface area contributed by atoms with Gasteiger partial charge in [0.05, 0.1) is 22.8 Å². The van der Waals surface area contributed by atoms with Crippen LogP contribution in [0.25, 0.3) is 22.6 Å². The van der Waals surface area contributed by atoms with E-state index in [9.17, 15) is 4.79 Å². The molecule has 8 nitrogen and oxygen atoms in total. The summed E-state index contributed by atoms with van der Waals surface area (Å²) < 4.78 is 16.9. The van der Waals surface area contributed by atoms with Crippen molar-refractivity contribution in [3.8, 4) is 22.6 Å². The molecule has 10 heteroatoms. The molecule has 1 aliphatic heterocycles. The van der Waals surface area contributed by atoms with E-state index in [2.05, 4.69) is 31.6 Å². The smallest absolute Gasteiger partial charge is 0.373 e. The number of halogens is 2. The molecule has 0 spiro atoms. The average Bonchev–Trinajstić information content (AvgIpc) is 3.51. The number of H-pyrrole nitrogens is 1. The minimum absolute atomic E-state index is 0.104. The van der Waals surface area contributed by atoms with Crippen molar-refractivity contribution in [3.63, 3.8) is 0 Å². The zero-order valence-corrected chi connectivity index (χ0v) is 21.8. The van der Waals surface area contributed by atoms with Crippen LogP contribution in [0.2, 0.25) is 10.0 Å². The second-order valence-electron chi connectivity index (χ2n) is 9.80. The third kappa shape index (κ3) is 4.93. The van der Waals surface area contributed by atoms with E-state index in [0.29, 0.717) is 45.6 Å². The van der Waals surface area contributed by atoms with E-state index in [1.54, 1.807) is 0 Å². The summed E-state index contributed by atoms with van der Waals surface area (Å²) in [7, 11) is 0. The number of nitrogens with zero attached hydrogens (tertiary/aromatic N) is 3. The molecule has 2 atom stereocenters. The first-order valence-electron chi connectivity index (χ1n) is 12.4. The molecule has 1 aliphatic carbocycles. The summed E-state index contributed by atoms with van der Waals surface area (Å²) >= 11 is 13.0. The molecule has 0 bridgehead atoms. The van der Waals surface area contributed by atoms with Crippen LogP contribution in [0.4, 0.5) is 5.69 Å². The van der Waals surface area contributed by atoms with Crippen molar-refractivity contribution in [1.82, 2.24) is 15.3 Å². The topological polar surface area (TPSA) is 97.4 Å². The maximum atomic E-state index is 11.2. The van der Waals surface area contributed by atoms with Crippen molar-refractivity contribution in [2.45, 2.75) is 44.8 Å². The Bertz CT molecular complexity index is 1440. The number of rotatable bonds is 7. The van der Waals surface area contributed by atoms with Gasteiger partial charge in [0.25, 0.3) is 0 Å². The molecule has 2 fully saturated rings. The van der Waals surface area contributed by atoms with Crippen LogP contribution in [0.1, 0.15) is 43.4 Å². The molecule has 0 amide bonds. The van der Waals surface area contributed by atoms with Gasteiger partial charge in [-0.05, 0) is 61.6 Å². The molecule has 2 aliphatic rings. The summed E-state index contributed by atoms with van der Waals surface area (Å²) in [6, 6.07) is 13.4. The third-order valence-corrected chi connectivity index (χ3v) is 7.81. The quantitative estimate of drug-likeness (QED) is 0.293. The van der Waals surface area contributed by atoms with E-state index in [1.807, 2.05) is 42.5 Å². The fourth-order valence-corrected chi connectivity index (χ4v) is 5.61. The van der Waals surface area contributed by atoms with Gasteiger partial charge in [-0.1, -0.05) is 46.5 Å². The van der Waals surface area contributed by atoms with Gasteiger partial charge in [0.2, 0.25) is 0 Å². The molecule has 2 aromatic heterocycles. The summed E-state index contributed by atoms with van der Waals surface area (Å²) in [4.78, 5) is 16.2. The lowest BCUT2D eigenvalue weighted by molar-refractivity contribution is -0.00534. The van der Waals surface area contributed by atoms with Gasteiger partial charge in [-0.25, -0.2) is 4.79 Å². The van der Waals surface area contributed by atoms with Crippen molar-refractivity contribution in [1.29, 1.82) is 0 Å². The highest BCUT2D eigenvalue weighted by Gasteiger charge is 2.35. The molecule has 1 saturated carbocycles. The average molecular weight is 541 g/mol. The molecule has 2 aromatic carbocycles. The Morgan fingerprint density at radius 2 is 1.81 bits per heavy atom. The molecular weight excluding hydrogens is 515 g/mol. The van der Waals surface area contributed by atoms with E-state index < -0.39 is 5.76 Å². The number of hydrogen-bond acceptors (Lipinski definition) is 7. The van der Waals surface area contributed by atoms with Gasteiger partial charge in [0.1, 0.15) is 11.5 Å². The highest BCUT2D eigenvalue weighted by Crippen LogP contribution is 2.46. The van der Waals surface area contributed by atoms with Crippen molar-refractivity contribution in [2.24, 2.45) is 5.92 Å². The van der Waals surface area contributed by atoms with Gasteiger partial charge in [0.15, 0.2) is 5.82 Å². The Morgan fingerprint density at radius 3 is 2.46 bits per heavy atom. The fourth-order valence-electron chi connectivity index (χ4n) is 5.03. The third-order valence-electron chi connectivity index (χ3n) is 7.18. The lowest BCUT2D eigenvalue weighted by Crippen LogP contribution is -2.43. The van der Waals surface area contributed by atoms with Crippen LogP contribution in [0.5, 0.6) is 0 Å². The highest BCUT2D eigenvalue weighted by molar-refractivity contribution is 6.39. The summed E-state index contributed by atoms with van der Waals surface area (Å²) in [5.74, 6) is 1.46. The lowest BCUT2D eigenvalue weighted by atomic mass is 9.95. The Morgan fingerprint density at radius 1 is 1.05 bits per heavy atom. The van der Waals surface area contributed by atoms with E-state index in [4.69, 9.17) is 32.5 Å². The van der Waals surface area contributed by atoms with Crippen LogP contribution >= 0.6 is 23.2 Å². The summed E-state index contributed by atoms with van der Waals surface area (Å²) in [5, 5.41) is 9.22. The van der Waals surface area contributed by atoms with Gasteiger partial charge < -0.3 is 14.2 Å². The van der Waals surface area contributed by atoms with Gasteiger partial charge in [-0.2, -0.15) is 0 Å². The molecule has 4 aromatic rings. The second kappa shape index (κ2) is 10.0. The van der Waals surface area contributed by atoms with E-state index >= 15 is 0 Å². The molecule has 6 rings (SSSR count). The second-order valence-corrected chi connectivity index (χ2v) is 10.6. The van der Waals surface area contributed by atoms with Crippen molar-refractivity contribution < 1.29 is 13.8 Å². The normalized spacial score (nSPS) is 19.9. The van der Waals surface area contributed by atoms with Crippen molar-refractivity contribution in [3.05, 3.63) is 74.4 Å². The van der Waals surface area contributed by atoms with Gasteiger partial charge >= 0.3 is 5.76 Å². The largest absolute Gasteiger partial charge is 0.439 e. The number of anilines is 1. The number of nitrogens with one attached hydrogen (secondary N) is 1. The SMILES string of the molecule is CC1CN(c2ccc(-c3noc(=O)[nH]3)cc2)CCC1OCc1c(-c2c(Cl)cccc2Cl)noc1C1CC1. The first-order chi connectivity index (χ1) is 18.0. The van der Waals surface area contributed by atoms with Crippen LogP contribution in [-0.4, -0.2) is 34.5 Å². The minimum Gasteiger partial charge on any atom is -0.373 e. The number of hydrogen-bond donors (Lipinski definition) is 1. The van der Waals surface area contributed by atoms with Crippen LogP contribution in [0.3, 0.4) is 0 Å². The Kier molecular flexibility index (Phi) is 6.56. The Balaban J connectivity index is 1.14. The molecule has 192 valence electrons. The first-order valence-corrected chi connectivity index (χ1v) is 13.2. The zero-order valence-electron chi connectivity index (χ0n) is 20.2. The molecular formula is C27H26Cl2N4O4. The maximum absolute atomic E-state index is 11.2. The Labute approximate surface area is 223 Å². The maximum Gasteiger partial charge on any atom is 0.439 e. The summed E-state index contributed by atoms with van der Waals surface area (Å²) in [6.07, 6.45) is 3.19. The van der Waals surface area contributed by atoms with Crippen LogP contribution in [0, 0.1) is 5.92 Å².